The van der Waals surface area contributed by atoms with Crippen LogP contribution in [0.15, 0.2) is 18.2 Å². The average Bonchev–Trinajstić information content (AvgIpc) is 1.93. The average molecular weight is 152 g/mol. The van der Waals surface area contributed by atoms with Crippen LogP contribution < -0.4 is 5.32 Å². The van der Waals surface area contributed by atoms with Gasteiger partial charge in [-0.25, -0.2) is 4.39 Å². The van der Waals surface area contributed by atoms with Crippen molar-refractivity contribution in [3.63, 3.8) is 0 Å². The number of benzene rings is 1. The molecule has 0 saturated heterocycles. The zero-order valence-corrected chi connectivity index (χ0v) is 6.02. The Hall–Kier alpha value is -1.38. The Balaban J connectivity index is 2.74. The highest BCUT2D eigenvalue weighted by molar-refractivity contribution is 5.88. The van der Waals surface area contributed by atoms with E-state index in [1.54, 1.807) is 0 Å². The summed E-state index contributed by atoms with van der Waals surface area (Å²) in [6.45, 7) is 1.39. The molecule has 1 radical (unpaired) electrons. The monoisotopic (exact) mass is 152 g/mol. The minimum absolute atomic E-state index is 0.176. The van der Waals surface area contributed by atoms with Crippen molar-refractivity contribution >= 4 is 11.6 Å². The molecule has 0 aromatic heterocycles. The van der Waals surface area contributed by atoms with E-state index < -0.39 is 5.82 Å². The Morgan fingerprint density at radius 3 is 2.82 bits per heavy atom. The van der Waals surface area contributed by atoms with Gasteiger partial charge in [-0.15, -0.1) is 0 Å². The maximum Gasteiger partial charge on any atom is 0.221 e. The van der Waals surface area contributed by atoms with E-state index in [9.17, 15) is 9.18 Å². The predicted molar refractivity (Wildman–Crippen MR) is 39.5 cm³/mol. The topological polar surface area (TPSA) is 29.1 Å². The molecule has 1 amide bonds. The molecule has 0 spiro atoms. The zero-order valence-electron chi connectivity index (χ0n) is 6.02. The van der Waals surface area contributed by atoms with E-state index in [0.717, 1.165) is 0 Å². The third kappa shape index (κ3) is 2.37. The van der Waals surface area contributed by atoms with E-state index in [1.807, 2.05) is 0 Å². The molecule has 2 nitrogen and oxygen atoms in total. The molecule has 1 aromatic carbocycles. The number of hydrogen-bond donors (Lipinski definition) is 1. The first-order valence-corrected chi connectivity index (χ1v) is 3.13. The lowest BCUT2D eigenvalue weighted by Crippen LogP contribution is -2.05. The summed E-state index contributed by atoms with van der Waals surface area (Å²) in [5.74, 6) is -0.607. The number of nitrogens with one attached hydrogen (secondary N) is 1. The highest BCUT2D eigenvalue weighted by Crippen LogP contribution is 2.06. The van der Waals surface area contributed by atoms with Crippen LogP contribution in [0.3, 0.4) is 0 Å². The van der Waals surface area contributed by atoms with Crippen molar-refractivity contribution in [1.82, 2.24) is 0 Å². The molecule has 0 atom stereocenters. The lowest BCUT2D eigenvalue weighted by molar-refractivity contribution is -0.114. The third-order valence-electron chi connectivity index (χ3n) is 1.10. The normalized spacial score (nSPS) is 9.27. The van der Waals surface area contributed by atoms with E-state index in [2.05, 4.69) is 11.4 Å². The SMILES string of the molecule is CC(=O)Nc1c[c]c(F)cc1. The standard InChI is InChI=1S/C8H7FNO/c1-6(11)10-8-4-2-7(9)3-5-8/h2,4-5H,1H3,(H,10,11). The van der Waals surface area contributed by atoms with Crippen LogP contribution in [0.2, 0.25) is 0 Å². The Labute approximate surface area is 64.0 Å². The van der Waals surface area contributed by atoms with Crippen molar-refractivity contribution in [2.45, 2.75) is 6.92 Å². The molecule has 0 aliphatic rings. The highest BCUT2D eigenvalue weighted by atomic mass is 19.1. The summed E-state index contributed by atoms with van der Waals surface area (Å²) in [5.41, 5.74) is 0.555. The van der Waals surface area contributed by atoms with E-state index >= 15 is 0 Å². The molecule has 11 heavy (non-hydrogen) atoms. The van der Waals surface area contributed by atoms with Gasteiger partial charge in [0.05, 0.1) is 0 Å². The lowest BCUT2D eigenvalue weighted by Gasteiger charge is -1.98. The molecule has 1 N–H and O–H groups in total. The summed E-state index contributed by atoms with van der Waals surface area (Å²) >= 11 is 0. The fraction of sp³-hybridized carbons (Fsp3) is 0.125. The molecular formula is C8H7FNO. The van der Waals surface area contributed by atoms with Crippen molar-refractivity contribution in [3.05, 3.63) is 30.1 Å². The van der Waals surface area contributed by atoms with Gasteiger partial charge >= 0.3 is 0 Å². The molecule has 0 bridgehead atoms. The Morgan fingerprint density at radius 2 is 2.36 bits per heavy atom. The van der Waals surface area contributed by atoms with Crippen LogP contribution in [-0.4, -0.2) is 5.91 Å². The molecule has 0 fully saturated rings. The van der Waals surface area contributed by atoms with Crippen molar-refractivity contribution in [2.24, 2.45) is 0 Å². The van der Waals surface area contributed by atoms with E-state index in [-0.39, 0.29) is 5.91 Å². The van der Waals surface area contributed by atoms with Gasteiger partial charge in [0.2, 0.25) is 5.91 Å². The van der Waals surface area contributed by atoms with Crippen LogP contribution in [0, 0.1) is 11.9 Å². The summed E-state index contributed by atoms with van der Waals surface area (Å²) in [4.78, 5) is 10.5. The maximum atomic E-state index is 12.3. The van der Waals surface area contributed by atoms with Crippen LogP contribution >= 0.6 is 0 Å². The lowest BCUT2D eigenvalue weighted by atomic mass is 10.3. The Morgan fingerprint density at radius 1 is 1.64 bits per heavy atom. The van der Waals surface area contributed by atoms with Crippen LogP contribution in [-0.2, 0) is 4.79 Å². The second kappa shape index (κ2) is 3.14. The minimum Gasteiger partial charge on any atom is -0.326 e. The quantitative estimate of drug-likeness (QED) is 0.650. The highest BCUT2D eigenvalue weighted by Gasteiger charge is 1.94. The first-order chi connectivity index (χ1) is 5.18. The van der Waals surface area contributed by atoms with Crippen molar-refractivity contribution in [3.8, 4) is 0 Å². The molecule has 1 aromatic rings. The molecule has 3 heteroatoms. The maximum absolute atomic E-state index is 12.3. The van der Waals surface area contributed by atoms with Crippen molar-refractivity contribution < 1.29 is 9.18 Å². The molecule has 0 aliphatic heterocycles. The molecule has 0 aliphatic carbocycles. The van der Waals surface area contributed by atoms with E-state index in [4.69, 9.17) is 0 Å². The smallest absolute Gasteiger partial charge is 0.221 e. The van der Waals surface area contributed by atoms with Crippen LogP contribution in [0.1, 0.15) is 6.92 Å². The molecule has 1 rings (SSSR count). The van der Waals surface area contributed by atoms with Crippen LogP contribution in [0.4, 0.5) is 10.1 Å². The Kier molecular flexibility index (Phi) is 2.21. The van der Waals surface area contributed by atoms with Gasteiger partial charge < -0.3 is 5.32 Å². The number of hydrogen-bond acceptors (Lipinski definition) is 1. The Bertz CT molecular complexity index is 255. The van der Waals surface area contributed by atoms with Gasteiger partial charge in [-0.1, -0.05) is 0 Å². The summed E-state index contributed by atoms with van der Waals surface area (Å²) < 4.78 is 12.3. The molecule has 0 heterocycles. The van der Waals surface area contributed by atoms with Crippen molar-refractivity contribution in [2.75, 3.05) is 5.32 Å². The fourth-order valence-corrected chi connectivity index (χ4v) is 0.687. The number of anilines is 1. The van der Waals surface area contributed by atoms with E-state index in [1.165, 1.54) is 25.1 Å². The fourth-order valence-electron chi connectivity index (χ4n) is 0.687. The predicted octanol–water partition coefficient (Wildman–Crippen LogP) is 1.58. The summed E-state index contributed by atoms with van der Waals surface area (Å²) in [6.07, 6.45) is 0. The number of halogens is 1. The third-order valence-corrected chi connectivity index (χ3v) is 1.10. The van der Waals surface area contributed by atoms with Gasteiger partial charge in [-0.3, -0.25) is 4.79 Å². The molecule has 57 valence electrons. The molecular weight excluding hydrogens is 145 g/mol. The summed E-state index contributed by atoms with van der Waals surface area (Å²) in [6, 6.07) is 6.43. The van der Waals surface area contributed by atoms with Gasteiger partial charge in [0, 0.05) is 18.7 Å². The number of carbonyl (C=O) groups excluding carboxylic acids is 1. The second-order valence-electron chi connectivity index (χ2n) is 2.11. The van der Waals surface area contributed by atoms with Gasteiger partial charge in [0.25, 0.3) is 0 Å². The zero-order chi connectivity index (χ0) is 8.27. The van der Waals surface area contributed by atoms with Gasteiger partial charge in [0.1, 0.15) is 5.82 Å². The van der Waals surface area contributed by atoms with Gasteiger partial charge in [-0.05, 0) is 18.2 Å². The number of amides is 1. The summed E-state index contributed by atoms with van der Waals surface area (Å²) in [5, 5.41) is 2.50. The number of rotatable bonds is 1. The van der Waals surface area contributed by atoms with Crippen LogP contribution in [0.25, 0.3) is 0 Å². The second-order valence-corrected chi connectivity index (χ2v) is 2.11. The molecule has 0 unspecified atom stereocenters. The van der Waals surface area contributed by atoms with Gasteiger partial charge in [0.15, 0.2) is 0 Å². The molecule has 0 saturated carbocycles. The van der Waals surface area contributed by atoms with Crippen molar-refractivity contribution in [1.29, 1.82) is 0 Å². The van der Waals surface area contributed by atoms with Gasteiger partial charge in [-0.2, -0.15) is 0 Å². The first-order valence-electron chi connectivity index (χ1n) is 3.13. The van der Waals surface area contributed by atoms with Crippen LogP contribution in [0.5, 0.6) is 0 Å². The van der Waals surface area contributed by atoms with E-state index in [0.29, 0.717) is 5.69 Å². The number of carbonyl (C=O) groups is 1. The largest absolute Gasteiger partial charge is 0.326 e. The summed E-state index contributed by atoms with van der Waals surface area (Å²) in [7, 11) is 0. The minimum atomic E-state index is -0.431. The first kappa shape index (κ1) is 7.72.